The van der Waals surface area contributed by atoms with E-state index in [2.05, 4.69) is 19.1 Å². The molecule has 0 spiro atoms. The van der Waals surface area contributed by atoms with Crippen LogP contribution in [0, 0.1) is 0 Å². The molecule has 0 aromatic rings. The molecule has 0 heterocycles. The number of hydrogen-bond acceptors (Lipinski definition) is 3. The van der Waals surface area contributed by atoms with E-state index in [0.717, 1.165) is 12.8 Å². The Labute approximate surface area is 144 Å². The molecule has 0 fully saturated rings. The van der Waals surface area contributed by atoms with Gasteiger partial charge in [0.1, 0.15) is 6.61 Å². The van der Waals surface area contributed by atoms with E-state index in [1.807, 2.05) is 0 Å². The molecule has 0 rings (SSSR count). The average Bonchev–Trinajstić information content (AvgIpc) is 2.56. The van der Waals surface area contributed by atoms with Crippen molar-refractivity contribution in [1.82, 2.24) is 0 Å². The highest BCUT2D eigenvalue weighted by Gasteiger charge is 2.01. The van der Waals surface area contributed by atoms with Crippen molar-refractivity contribution >= 4 is 5.97 Å². The maximum atomic E-state index is 11.2. The summed E-state index contributed by atoms with van der Waals surface area (Å²) in [7, 11) is 0. The van der Waals surface area contributed by atoms with E-state index in [0.29, 0.717) is 19.6 Å². The highest BCUT2D eigenvalue weighted by atomic mass is 16.5. The Hall–Kier alpha value is -0.830. The third kappa shape index (κ3) is 19.1. The second kappa shape index (κ2) is 19.2. The fourth-order valence-electron chi connectivity index (χ4n) is 2.59. The van der Waals surface area contributed by atoms with Gasteiger partial charge >= 0.3 is 5.97 Å². The summed E-state index contributed by atoms with van der Waals surface area (Å²) >= 11 is 0. The molecule has 0 aromatic carbocycles. The number of ether oxygens (including phenoxy) is 1. The minimum Gasteiger partial charge on any atom is -0.464 e. The molecule has 136 valence electrons. The summed E-state index contributed by atoms with van der Waals surface area (Å²) in [5, 5.41) is 0. The van der Waals surface area contributed by atoms with Crippen molar-refractivity contribution in [2.75, 3.05) is 13.2 Å². The lowest BCUT2D eigenvalue weighted by Crippen LogP contribution is -2.13. The molecule has 0 unspecified atom stereocenters. The summed E-state index contributed by atoms with van der Waals surface area (Å²) in [6.45, 7) is 3.03. The van der Waals surface area contributed by atoms with Crippen LogP contribution < -0.4 is 5.73 Å². The fourth-order valence-corrected chi connectivity index (χ4v) is 2.59. The van der Waals surface area contributed by atoms with Crippen molar-refractivity contribution < 1.29 is 9.53 Å². The summed E-state index contributed by atoms with van der Waals surface area (Å²) in [6, 6.07) is 0. The number of nitrogens with two attached hydrogens (primary N) is 1. The number of allylic oxidation sites excluding steroid dienone is 2. The Bertz CT molecular complexity index is 277. The number of unbranched alkanes of at least 4 members (excludes halogenated alkanes) is 11. The van der Waals surface area contributed by atoms with Gasteiger partial charge in [0.2, 0.25) is 0 Å². The molecule has 0 saturated carbocycles. The second-order valence-corrected chi connectivity index (χ2v) is 6.34. The normalized spacial score (nSPS) is 11.2. The number of carbonyl (C=O) groups is 1. The van der Waals surface area contributed by atoms with Crippen LogP contribution in [0.4, 0.5) is 0 Å². The van der Waals surface area contributed by atoms with Gasteiger partial charge in [0, 0.05) is 13.0 Å². The van der Waals surface area contributed by atoms with Crippen LogP contribution in [-0.4, -0.2) is 19.1 Å². The molecule has 0 atom stereocenters. The highest BCUT2D eigenvalue weighted by Crippen LogP contribution is 2.10. The zero-order chi connectivity index (χ0) is 17.0. The summed E-state index contributed by atoms with van der Waals surface area (Å²) in [5.74, 6) is -0.104. The number of carbonyl (C=O) groups excluding carboxylic acids is 1. The topological polar surface area (TPSA) is 52.3 Å². The van der Waals surface area contributed by atoms with Gasteiger partial charge in [-0.05, 0) is 32.1 Å². The Morgan fingerprint density at radius 1 is 0.826 bits per heavy atom. The van der Waals surface area contributed by atoms with E-state index in [9.17, 15) is 4.79 Å². The summed E-state index contributed by atoms with van der Waals surface area (Å²) in [5.41, 5.74) is 5.28. The molecule has 0 bridgehead atoms. The zero-order valence-corrected chi connectivity index (χ0v) is 15.4. The van der Waals surface area contributed by atoms with Gasteiger partial charge in [0.15, 0.2) is 0 Å². The van der Waals surface area contributed by atoms with Crippen molar-refractivity contribution in [3.63, 3.8) is 0 Å². The van der Waals surface area contributed by atoms with Gasteiger partial charge in [-0.15, -0.1) is 0 Å². The fraction of sp³-hybridized carbons (Fsp3) is 0.850. The van der Waals surface area contributed by atoms with Crippen LogP contribution >= 0.6 is 0 Å². The quantitative estimate of drug-likeness (QED) is 0.217. The molecule has 0 aliphatic heterocycles. The van der Waals surface area contributed by atoms with Gasteiger partial charge in [-0.3, -0.25) is 4.79 Å². The van der Waals surface area contributed by atoms with Crippen LogP contribution in [0.25, 0.3) is 0 Å². The first-order chi connectivity index (χ1) is 11.3. The second-order valence-electron chi connectivity index (χ2n) is 6.34. The summed E-state index contributed by atoms with van der Waals surface area (Å²) in [6.07, 6.45) is 21.8. The standard InChI is InChI=1S/C20H39NO2/c1-2-3-4-5-6-7-8-9-10-11-12-13-14-15-16-17-20(22)23-19-18-21/h9-10H,2-8,11-19,21H2,1H3. The molecule has 0 aromatic heterocycles. The molecular formula is C20H39NO2. The number of hydrogen-bond donors (Lipinski definition) is 1. The third-order valence-electron chi connectivity index (χ3n) is 4.02. The lowest BCUT2D eigenvalue weighted by atomic mass is 10.1. The lowest BCUT2D eigenvalue weighted by Gasteiger charge is -2.02. The highest BCUT2D eigenvalue weighted by molar-refractivity contribution is 5.69. The molecule has 0 aliphatic carbocycles. The van der Waals surface area contributed by atoms with Crippen LogP contribution in [0.5, 0.6) is 0 Å². The molecule has 23 heavy (non-hydrogen) atoms. The van der Waals surface area contributed by atoms with Gasteiger partial charge < -0.3 is 10.5 Å². The number of esters is 1. The van der Waals surface area contributed by atoms with E-state index in [-0.39, 0.29) is 5.97 Å². The van der Waals surface area contributed by atoms with Crippen LogP contribution in [-0.2, 0) is 9.53 Å². The Morgan fingerprint density at radius 3 is 1.91 bits per heavy atom. The molecule has 0 radical (unpaired) electrons. The van der Waals surface area contributed by atoms with Gasteiger partial charge in [0.25, 0.3) is 0 Å². The lowest BCUT2D eigenvalue weighted by molar-refractivity contribution is -0.143. The molecule has 2 N–H and O–H groups in total. The molecular weight excluding hydrogens is 286 g/mol. The Morgan fingerprint density at radius 2 is 1.35 bits per heavy atom. The van der Waals surface area contributed by atoms with Crippen LogP contribution in [0.3, 0.4) is 0 Å². The van der Waals surface area contributed by atoms with E-state index in [4.69, 9.17) is 10.5 Å². The molecule has 0 amide bonds. The maximum absolute atomic E-state index is 11.2. The first kappa shape index (κ1) is 22.2. The SMILES string of the molecule is CCCCCCCCC=CCCCCCCCC(=O)OCCN. The largest absolute Gasteiger partial charge is 0.464 e. The predicted molar refractivity (Wildman–Crippen MR) is 99.5 cm³/mol. The summed E-state index contributed by atoms with van der Waals surface area (Å²) in [4.78, 5) is 11.2. The van der Waals surface area contributed by atoms with Crippen molar-refractivity contribution in [2.45, 2.75) is 96.8 Å². The minimum atomic E-state index is -0.104. The molecule has 3 heteroatoms. The molecule has 3 nitrogen and oxygen atoms in total. The van der Waals surface area contributed by atoms with Gasteiger partial charge in [0.05, 0.1) is 0 Å². The first-order valence-electron chi connectivity index (χ1n) is 9.82. The van der Waals surface area contributed by atoms with E-state index in [1.165, 1.54) is 70.6 Å². The van der Waals surface area contributed by atoms with Crippen molar-refractivity contribution in [2.24, 2.45) is 5.73 Å². The summed E-state index contributed by atoms with van der Waals surface area (Å²) < 4.78 is 4.94. The van der Waals surface area contributed by atoms with Crippen LogP contribution in [0.2, 0.25) is 0 Å². The van der Waals surface area contributed by atoms with Gasteiger partial charge in [-0.1, -0.05) is 70.4 Å². The zero-order valence-electron chi connectivity index (χ0n) is 15.4. The average molecular weight is 326 g/mol. The monoisotopic (exact) mass is 325 g/mol. The van der Waals surface area contributed by atoms with E-state index < -0.39 is 0 Å². The van der Waals surface area contributed by atoms with E-state index >= 15 is 0 Å². The van der Waals surface area contributed by atoms with Crippen molar-refractivity contribution in [1.29, 1.82) is 0 Å². The smallest absolute Gasteiger partial charge is 0.305 e. The van der Waals surface area contributed by atoms with Crippen LogP contribution in [0.1, 0.15) is 96.8 Å². The Kier molecular flexibility index (Phi) is 18.5. The predicted octanol–water partition coefficient (Wildman–Crippen LogP) is 5.53. The van der Waals surface area contributed by atoms with Gasteiger partial charge in [-0.2, -0.15) is 0 Å². The number of rotatable bonds is 17. The van der Waals surface area contributed by atoms with E-state index in [1.54, 1.807) is 0 Å². The van der Waals surface area contributed by atoms with Gasteiger partial charge in [-0.25, -0.2) is 0 Å². The molecule has 0 saturated heterocycles. The third-order valence-corrected chi connectivity index (χ3v) is 4.02. The Balaban J connectivity index is 3.14. The maximum Gasteiger partial charge on any atom is 0.305 e. The molecule has 0 aliphatic rings. The van der Waals surface area contributed by atoms with Crippen molar-refractivity contribution in [3.05, 3.63) is 12.2 Å². The minimum absolute atomic E-state index is 0.104. The van der Waals surface area contributed by atoms with Crippen molar-refractivity contribution in [3.8, 4) is 0 Å². The first-order valence-corrected chi connectivity index (χ1v) is 9.82. The van der Waals surface area contributed by atoms with Crippen LogP contribution in [0.15, 0.2) is 12.2 Å².